The van der Waals surface area contributed by atoms with E-state index in [-0.39, 0.29) is 11.4 Å². The first kappa shape index (κ1) is 15.3. The van der Waals surface area contributed by atoms with Crippen LogP contribution in [0.25, 0.3) is 0 Å². The van der Waals surface area contributed by atoms with Crippen LogP contribution in [-0.4, -0.2) is 18.6 Å². The highest BCUT2D eigenvalue weighted by atomic mass is 19.1. The smallest absolute Gasteiger partial charge is 0.129 e. The zero-order chi connectivity index (χ0) is 14.8. The highest BCUT2D eigenvalue weighted by Gasteiger charge is 2.33. The van der Waals surface area contributed by atoms with Crippen LogP contribution in [0.1, 0.15) is 46.1 Å². The molecule has 2 rings (SSSR count). The van der Waals surface area contributed by atoms with Gasteiger partial charge in [0, 0.05) is 29.9 Å². The summed E-state index contributed by atoms with van der Waals surface area (Å²) in [4.78, 5) is 2.36. The highest BCUT2D eigenvalue weighted by molar-refractivity contribution is 5.57. The van der Waals surface area contributed by atoms with E-state index in [1.807, 2.05) is 6.07 Å². The lowest BCUT2D eigenvalue weighted by molar-refractivity contribution is 0.507. The van der Waals surface area contributed by atoms with Crippen molar-refractivity contribution in [2.75, 3.05) is 18.0 Å². The van der Waals surface area contributed by atoms with Gasteiger partial charge in [-0.2, -0.15) is 0 Å². The van der Waals surface area contributed by atoms with Crippen molar-refractivity contribution in [2.45, 2.75) is 52.6 Å². The van der Waals surface area contributed by atoms with Crippen LogP contribution in [0.2, 0.25) is 0 Å². The Kier molecular flexibility index (Phi) is 4.69. The lowest BCUT2D eigenvalue weighted by Crippen LogP contribution is -2.39. The van der Waals surface area contributed by atoms with E-state index in [2.05, 4.69) is 44.0 Å². The van der Waals surface area contributed by atoms with Crippen molar-refractivity contribution in [3.8, 4) is 0 Å². The molecule has 0 amide bonds. The van der Waals surface area contributed by atoms with Gasteiger partial charge in [-0.15, -0.1) is 0 Å². The van der Waals surface area contributed by atoms with Crippen LogP contribution in [0.4, 0.5) is 10.1 Å². The summed E-state index contributed by atoms with van der Waals surface area (Å²) in [5.74, 6) is 0.481. The molecule has 1 saturated heterocycles. The molecule has 1 N–H and O–H groups in total. The second-order valence-corrected chi connectivity index (χ2v) is 6.83. The van der Waals surface area contributed by atoms with Gasteiger partial charge in [0.05, 0.1) is 0 Å². The van der Waals surface area contributed by atoms with E-state index < -0.39 is 0 Å². The summed E-state index contributed by atoms with van der Waals surface area (Å²) in [5.41, 5.74) is 1.99. The second kappa shape index (κ2) is 6.13. The fourth-order valence-electron chi connectivity index (χ4n) is 3.01. The molecule has 2 nitrogen and oxygen atoms in total. The maximum absolute atomic E-state index is 14.2. The summed E-state index contributed by atoms with van der Waals surface area (Å²) in [5, 5.41) is 3.37. The summed E-state index contributed by atoms with van der Waals surface area (Å²) >= 11 is 0. The van der Waals surface area contributed by atoms with Crippen molar-refractivity contribution in [3.05, 3.63) is 29.6 Å². The Balaban J connectivity index is 2.22. The molecule has 0 bridgehead atoms. The van der Waals surface area contributed by atoms with Crippen LogP contribution in [-0.2, 0) is 6.54 Å². The summed E-state index contributed by atoms with van der Waals surface area (Å²) in [6.07, 6.45) is 2.35. The van der Waals surface area contributed by atoms with E-state index in [1.54, 1.807) is 6.07 Å². The summed E-state index contributed by atoms with van der Waals surface area (Å²) in [7, 11) is 0. The first-order valence-corrected chi connectivity index (χ1v) is 7.67. The summed E-state index contributed by atoms with van der Waals surface area (Å²) in [6, 6.07) is 5.45. The third kappa shape index (κ3) is 3.32. The number of nitrogens with one attached hydrogen (secondary N) is 1. The fourth-order valence-corrected chi connectivity index (χ4v) is 3.01. The van der Waals surface area contributed by atoms with E-state index in [9.17, 15) is 4.39 Å². The molecule has 1 heterocycles. The van der Waals surface area contributed by atoms with Crippen molar-refractivity contribution in [1.29, 1.82) is 0 Å². The van der Waals surface area contributed by atoms with Crippen molar-refractivity contribution in [3.63, 3.8) is 0 Å². The van der Waals surface area contributed by atoms with Gasteiger partial charge in [-0.05, 0) is 51.3 Å². The molecule has 0 spiro atoms. The SMILES string of the molecule is CC(C)CNCc1c(F)cccc1N1CCCC1(C)C. The molecule has 0 unspecified atom stereocenters. The average Bonchev–Trinajstić information content (AvgIpc) is 2.70. The predicted molar refractivity (Wildman–Crippen MR) is 83.6 cm³/mol. The largest absolute Gasteiger partial charge is 0.366 e. The first-order valence-electron chi connectivity index (χ1n) is 7.67. The van der Waals surface area contributed by atoms with Crippen molar-refractivity contribution in [2.24, 2.45) is 5.92 Å². The van der Waals surface area contributed by atoms with Gasteiger partial charge in [0.1, 0.15) is 5.82 Å². The first-order chi connectivity index (χ1) is 9.42. The number of hydrogen-bond acceptors (Lipinski definition) is 2. The van der Waals surface area contributed by atoms with Crippen LogP contribution in [0.5, 0.6) is 0 Å². The number of nitrogens with zero attached hydrogens (tertiary/aromatic N) is 1. The van der Waals surface area contributed by atoms with Crippen LogP contribution in [0, 0.1) is 11.7 Å². The van der Waals surface area contributed by atoms with Crippen LogP contribution < -0.4 is 10.2 Å². The molecule has 3 heteroatoms. The Morgan fingerprint density at radius 3 is 2.70 bits per heavy atom. The van der Waals surface area contributed by atoms with E-state index in [0.717, 1.165) is 24.3 Å². The number of halogens is 1. The molecule has 0 saturated carbocycles. The maximum atomic E-state index is 14.2. The van der Waals surface area contributed by atoms with Gasteiger partial charge in [-0.25, -0.2) is 4.39 Å². The van der Waals surface area contributed by atoms with E-state index >= 15 is 0 Å². The molecule has 0 radical (unpaired) electrons. The molecular weight excluding hydrogens is 251 g/mol. The van der Waals surface area contributed by atoms with E-state index in [0.29, 0.717) is 12.5 Å². The Bertz CT molecular complexity index is 454. The third-order valence-electron chi connectivity index (χ3n) is 4.14. The topological polar surface area (TPSA) is 15.3 Å². The van der Waals surface area contributed by atoms with Gasteiger partial charge in [-0.1, -0.05) is 19.9 Å². The molecule has 0 aromatic heterocycles. The van der Waals surface area contributed by atoms with Gasteiger partial charge in [0.2, 0.25) is 0 Å². The average molecular weight is 278 g/mol. The number of anilines is 1. The quantitative estimate of drug-likeness (QED) is 0.877. The minimum Gasteiger partial charge on any atom is -0.366 e. The molecule has 112 valence electrons. The van der Waals surface area contributed by atoms with E-state index in [1.165, 1.54) is 12.8 Å². The predicted octanol–water partition coefficient (Wildman–Crippen LogP) is 3.95. The molecule has 1 aromatic rings. The van der Waals surface area contributed by atoms with Gasteiger partial charge >= 0.3 is 0 Å². The minimum absolute atomic E-state index is 0.0959. The summed E-state index contributed by atoms with van der Waals surface area (Å²) < 4.78 is 14.2. The van der Waals surface area contributed by atoms with Crippen LogP contribution >= 0.6 is 0 Å². The number of rotatable bonds is 5. The van der Waals surface area contributed by atoms with Gasteiger partial charge in [0.25, 0.3) is 0 Å². The van der Waals surface area contributed by atoms with Gasteiger partial charge in [0.15, 0.2) is 0 Å². The monoisotopic (exact) mass is 278 g/mol. The van der Waals surface area contributed by atoms with Crippen molar-refractivity contribution in [1.82, 2.24) is 5.32 Å². The molecule has 20 heavy (non-hydrogen) atoms. The normalized spacial score (nSPS) is 18.0. The number of benzene rings is 1. The third-order valence-corrected chi connectivity index (χ3v) is 4.14. The Morgan fingerprint density at radius 1 is 1.35 bits per heavy atom. The van der Waals surface area contributed by atoms with Crippen LogP contribution in [0.15, 0.2) is 18.2 Å². The Labute approximate surface area is 122 Å². The zero-order valence-corrected chi connectivity index (χ0v) is 13.2. The van der Waals surface area contributed by atoms with Crippen LogP contribution in [0.3, 0.4) is 0 Å². The second-order valence-electron chi connectivity index (χ2n) is 6.83. The molecule has 1 aliphatic heterocycles. The van der Waals surface area contributed by atoms with Crippen molar-refractivity contribution < 1.29 is 4.39 Å². The standard InChI is InChI=1S/C17H27FN2/c1-13(2)11-19-12-14-15(18)7-5-8-16(14)20-10-6-9-17(20,3)4/h5,7-8,13,19H,6,9-12H2,1-4H3. The summed E-state index contributed by atoms with van der Waals surface area (Å²) in [6.45, 7) is 11.4. The Hall–Kier alpha value is -1.09. The van der Waals surface area contributed by atoms with Crippen molar-refractivity contribution >= 4 is 5.69 Å². The fraction of sp³-hybridized carbons (Fsp3) is 0.647. The number of hydrogen-bond donors (Lipinski definition) is 1. The zero-order valence-electron chi connectivity index (χ0n) is 13.2. The highest BCUT2D eigenvalue weighted by Crippen LogP contribution is 2.36. The molecule has 1 fully saturated rings. The minimum atomic E-state index is -0.0959. The van der Waals surface area contributed by atoms with Gasteiger partial charge in [-0.3, -0.25) is 0 Å². The van der Waals surface area contributed by atoms with E-state index in [4.69, 9.17) is 0 Å². The molecule has 0 aliphatic carbocycles. The molecule has 1 aliphatic rings. The Morgan fingerprint density at radius 2 is 2.10 bits per heavy atom. The molecular formula is C17H27FN2. The lowest BCUT2D eigenvalue weighted by Gasteiger charge is -2.35. The molecule has 0 atom stereocenters. The molecule has 1 aromatic carbocycles. The van der Waals surface area contributed by atoms with Gasteiger partial charge < -0.3 is 10.2 Å². The lowest BCUT2D eigenvalue weighted by atomic mass is 10.0. The maximum Gasteiger partial charge on any atom is 0.129 e.